The fourth-order valence-electron chi connectivity index (χ4n) is 3.96. The highest BCUT2D eigenvalue weighted by Gasteiger charge is 2.34. The second-order valence-electron chi connectivity index (χ2n) is 8.00. The number of ether oxygens (including phenoxy) is 1. The van der Waals surface area contributed by atoms with Crippen LogP contribution in [0.15, 0.2) is 53.6 Å². The third-order valence-electron chi connectivity index (χ3n) is 5.66. The maximum atomic E-state index is 14.2. The van der Waals surface area contributed by atoms with Crippen LogP contribution in [0, 0.1) is 11.6 Å². The summed E-state index contributed by atoms with van der Waals surface area (Å²) in [5.74, 6) is -2.43. The van der Waals surface area contributed by atoms with Crippen LogP contribution >= 0.6 is 35.0 Å². The van der Waals surface area contributed by atoms with Gasteiger partial charge in [0.15, 0.2) is 4.90 Å². The van der Waals surface area contributed by atoms with Crippen molar-refractivity contribution < 1.29 is 21.9 Å². The SMILES string of the molecule is O=S(=O)(Nc1cccc(C2=C(c3ccnc(Cl)n3)SC(N3CCOCC3)N2)c1Cl)c1c(F)cccc1F. The van der Waals surface area contributed by atoms with Gasteiger partial charge in [0.1, 0.15) is 17.1 Å². The Balaban J connectivity index is 1.55. The zero-order valence-electron chi connectivity index (χ0n) is 18.9. The molecule has 3 heterocycles. The Morgan fingerprint density at radius 2 is 1.78 bits per heavy atom. The first-order valence-corrected chi connectivity index (χ1v) is 14.1. The van der Waals surface area contributed by atoms with Gasteiger partial charge in [-0.05, 0) is 35.9 Å². The van der Waals surface area contributed by atoms with Crippen LogP contribution in [0.4, 0.5) is 14.5 Å². The van der Waals surface area contributed by atoms with Gasteiger partial charge < -0.3 is 10.1 Å². The lowest BCUT2D eigenvalue weighted by Crippen LogP contribution is -2.46. The number of anilines is 1. The van der Waals surface area contributed by atoms with Crippen molar-refractivity contribution in [3.8, 4) is 0 Å². The molecule has 37 heavy (non-hydrogen) atoms. The van der Waals surface area contributed by atoms with Gasteiger partial charge in [0.05, 0.1) is 40.2 Å². The molecule has 0 bridgehead atoms. The van der Waals surface area contributed by atoms with E-state index in [0.29, 0.717) is 43.3 Å². The van der Waals surface area contributed by atoms with E-state index in [4.69, 9.17) is 27.9 Å². The summed E-state index contributed by atoms with van der Waals surface area (Å²) in [5, 5.41) is 3.56. The van der Waals surface area contributed by atoms with Crippen LogP contribution in [0.1, 0.15) is 11.3 Å². The number of nitrogens with zero attached hydrogens (tertiary/aromatic N) is 3. The van der Waals surface area contributed by atoms with Crippen molar-refractivity contribution in [1.29, 1.82) is 0 Å². The number of morpholine rings is 1. The predicted molar refractivity (Wildman–Crippen MR) is 139 cm³/mol. The molecular weight excluding hydrogens is 567 g/mol. The minimum absolute atomic E-state index is 0.0335. The van der Waals surface area contributed by atoms with Crippen molar-refractivity contribution in [3.05, 3.63) is 81.9 Å². The Kier molecular flexibility index (Phi) is 7.57. The quantitative estimate of drug-likeness (QED) is 0.404. The van der Waals surface area contributed by atoms with Gasteiger partial charge in [-0.1, -0.05) is 41.6 Å². The van der Waals surface area contributed by atoms with Crippen LogP contribution in [0.25, 0.3) is 10.6 Å². The Hall–Kier alpha value is -2.48. The highest BCUT2D eigenvalue weighted by molar-refractivity contribution is 8.09. The van der Waals surface area contributed by atoms with Crippen molar-refractivity contribution >= 4 is 61.3 Å². The number of nitrogens with one attached hydrogen (secondary N) is 2. The van der Waals surface area contributed by atoms with Gasteiger partial charge in [-0.2, -0.15) is 0 Å². The third kappa shape index (κ3) is 5.40. The first-order valence-electron chi connectivity index (χ1n) is 11.0. The monoisotopic (exact) mass is 585 g/mol. The van der Waals surface area contributed by atoms with E-state index in [0.717, 1.165) is 23.1 Å². The molecular formula is C23H19Cl2F2N5O3S2. The van der Waals surface area contributed by atoms with Crippen LogP contribution in [0.5, 0.6) is 0 Å². The number of benzene rings is 2. The summed E-state index contributed by atoms with van der Waals surface area (Å²) in [5.41, 5.74) is 1.39. The lowest BCUT2D eigenvalue weighted by atomic mass is 10.1. The van der Waals surface area contributed by atoms with E-state index >= 15 is 0 Å². The largest absolute Gasteiger partial charge is 0.379 e. The average molecular weight is 586 g/mol. The molecule has 194 valence electrons. The fraction of sp³-hybridized carbons (Fsp3) is 0.217. The van der Waals surface area contributed by atoms with Crippen LogP contribution < -0.4 is 10.0 Å². The third-order valence-corrected chi connectivity index (χ3v) is 8.95. The van der Waals surface area contributed by atoms with Crippen molar-refractivity contribution in [2.75, 3.05) is 31.0 Å². The molecule has 3 aromatic rings. The smallest absolute Gasteiger partial charge is 0.267 e. The fourth-order valence-corrected chi connectivity index (χ4v) is 6.92. The highest BCUT2D eigenvalue weighted by Crippen LogP contribution is 2.45. The number of halogens is 4. The van der Waals surface area contributed by atoms with Gasteiger partial charge in [0.25, 0.3) is 10.0 Å². The Morgan fingerprint density at radius 1 is 1.08 bits per heavy atom. The first-order chi connectivity index (χ1) is 17.7. The second-order valence-corrected chi connectivity index (χ2v) is 11.4. The van der Waals surface area contributed by atoms with E-state index in [-0.39, 0.29) is 21.5 Å². The van der Waals surface area contributed by atoms with E-state index in [1.807, 2.05) is 0 Å². The van der Waals surface area contributed by atoms with Gasteiger partial charge in [0, 0.05) is 24.8 Å². The van der Waals surface area contributed by atoms with Gasteiger partial charge in [-0.15, -0.1) is 0 Å². The molecule has 1 unspecified atom stereocenters. The molecule has 2 aliphatic heterocycles. The number of hydrogen-bond donors (Lipinski definition) is 2. The van der Waals surface area contributed by atoms with E-state index in [1.54, 1.807) is 18.2 Å². The molecule has 5 rings (SSSR count). The molecule has 0 aliphatic carbocycles. The Morgan fingerprint density at radius 3 is 2.49 bits per heavy atom. The minimum Gasteiger partial charge on any atom is -0.379 e. The normalized spacial score (nSPS) is 18.6. The number of rotatable bonds is 6. The molecule has 8 nitrogen and oxygen atoms in total. The van der Waals surface area contributed by atoms with E-state index < -0.39 is 26.6 Å². The predicted octanol–water partition coefficient (Wildman–Crippen LogP) is 4.64. The van der Waals surface area contributed by atoms with Crippen molar-refractivity contribution in [3.63, 3.8) is 0 Å². The summed E-state index contributed by atoms with van der Waals surface area (Å²) in [6.45, 7) is 2.59. The lowest BCUT2D eigenvalue weighted by Gasteiger charge is -2.32. The van der Waals surface area contributed by atoms with Crippen LogP contribution in [0.2, 0.25) is 10.3 Å². The molecule has 0 spiro atoms. The number of thioether (sulfide) groups is 1. The number of aromatic nitrogens is 2. The Bertz CT molecular complexity index is 1470. The molecule has 1 saturated heterocycles. The maximum Gasteiger partial charge on any atom is 0.267 e. The summed E-state index contributed by atoms with van der Waals surface area (Å²) in [6, 6.07) is 9.22. The second kappa shape index (κ2) is 10.7. The number of sulfonamides is 1. The van der Waals surface area contributed by atoms with Gasteiger partial charge in [0.2, 0.25) is 5.28 Å². The van der Waals surface area contributed by atoms with Crippen molar-refractivity contribution in [2.45, 2.75) is 10.4 Å². The van der Waals surface area contributed by atoms with Crippen molar-refractivity contribution in [2.24, 2.45) is 0 Å². The average Bonchev–Trinajstić information content (AvgIpc) is 3.31. The molecule has 2 aromatic carbocycles. The summed E-state index contributed by atoms with van der Waals surface area (Å²) >= 11 is 14.2. The zero-order chi connectivity index (χ0) is 26.2. The lowest BCUT2D eigenvalue weighted by molar-refractivity contribution is 0.0305. The van der Waals surface area contributed by atoms with Gasteiger partial charge >= 0.3 is 0 Å². The summed E-state index contributed by atoms with van der Waals surface area (Å²) in [6.07, 6.45) is 1.53. The van der Waals surface area contributed by atoms with Crippen LogP contribution in [-0.4, -0.2) is 55.1 Å². The van der Waals surface area contributed by atoms with E-state index in [2.05, 4.69) is 24.9 Å². The molecule has 0 amide bonds. The van der Waals surface area contributed by atoms with Crippen molar-refractivity contribution in [1.82, 2.24) is 20.2 Å². The van der Waals surface area contributed by atoms with Crippen LogP contribution in [-0.2, 0) is 14.8 Å². The molecule has 2 N–H and O–H groups in total. The first kappa shape index (κ1) is 26.1. The summed E-state index contributed by atoms with van der Waals surface area (Å²) in [4.78, 5) is 10.1. The summed E-state index contributed by atoms with van der Waals surface area (Å²) in [7, 11) is -4.62. The van der Waals surface area contributed by atoms with Gasteiger partial charge in [-0.25, -0.2) is 27.2 Å². The van der Waals surface area contributed by atoms with Gasteiger partial charge in [-0.3, -0.25) is 9.62 Å². The molecule has 2 aliphatic rings. The van der Waals surface area contributed by atoms with E-state index in [9.17, 15) is 17.2 Å². The molecule has 1 atom stereocenters. The minimum atomic E-state index is -4.62. The highest BCUT2D eigenvalue weighted by atomic mass is 35.5. The molecule has 0 saturated carbocycles. The van der Waals surface area contributed by atoms with Crippen LogP contribution in [0.3, 0.4) is 0 Å². The maximum absolute atomic E-state index is 14.2. The van der Waals surface area contributed by atoms with E-state index in [1.165, 1.54) is 24.0 Å². The standard InChI is InChI=1S/C23H19Cl2F2N5O3S2/c24-18-13(3-1-6-16(18)31-37(33,34)21-14(26)4-2-5-15(21)27)19-20(17-7-8-28-22(25)29-17)36-23(30-19)32-9-11-35-12-10-32/h1-8,23,30-31H,9-12H2. The zero-order valence-corrected chi connectivity index (χ0v) is 22.1. The molecule has 0 radical (unpaired) electrons. The summed E-state index contributed by atoms with van der Waals surface area (Å²) < 4.78 is 61.9. The number of hydrogen-bond acceptors (Lipinski definition) is 8. The molecule has 1 aromatic heterocycles. The molecule has 14 heteroatoms. The molecule has 1 fully saturated rings. The topological polar surface area (TPSA) is 96.5 Å². The Labute approximate surface area is 226 Å².